The maximum atomic E-state index is 5.57. The van der Waals surface area contributed by atoms with Crippen LogP contribution in [0.25, 0.3) is 0 Å². The van der Waals surface area contributed by atoms with E-state index in [-0.39, 0.29) is 5.54 Å². The van der Waals surface area contributed by atoms with Crippen molar-refractivity contribution >= 4 is 0 Å². The number of aromatic nitrogens is 2. The Bertz CT molecular complexity index is 443. The molecule has 2 aliphatic rings. The first kappa shape index (κ1) is 15.0. The molecular formula is C17H29N3O. The number of nitrogens with zero attached hydrogens (tertiary/aromatic N) is 2. The zero-order chi connectivity index (χ0) is 14.7. The van der Waals surface area contributed by atoms with E-state index < -0.39 is 0 Å². The van der Waals surface area contributed by atoms with E-state index in [0.29, 0.717) is 5.92 Å². The van der Waals surface area contributed by atoms with Crippen molar-refractivity contribution in [2.45, 2.75) is 82.6 Å². The third-order valence-electron chi connectivity index (χ3n) is 5.70. The number of likely N-dealkylation sites (N-methyl/N-ethyl adjacent to an activating group) is 1. The summed E-state index contributed by atoms with van der Waals surface area (Å²) in [6.07, 6.45) is 12.4. The van der Waals surface area contributed by atoms with E-state index in [1.165, 1.54) is 57.8 Å². The van der Waals surface area contributed by atoms with Crippen molar-refractivity contribution in [1.29, 1.82) is 0 Å². The van der Waals surface area contributed by atoms with Crippen LogP contribution in [0.5, 0.6) is 0 Å². The van der Waals surface area contributed by atoms with Crippen molar-refractivity contribution < 1.29 is 4.52 Å². The minimum Gasteiger partial charge on any atom is -0.339 e. The minimum absolute atomic E-state index is 0.184. The molecule has 21 heavy (non-hydrogen) atoms. The highest BCUT2D eigenvalue weighted by Gasteiger charge is 2.33. The van der Waals surface area contributed by atoms with Gasteiger partial charge in [0.05, 0.1) is 0 Å². The second-order valence-electron chi connectivity index (χ2n) is 7.27. The molecule has 0 atom stereocenters. The standard InChI is InChI=1S/C17H29N3O/c1-13-6-8-14(9-7-13)16-19-15(21-20-16)12-17(18-2)10-4-3-5-11-17/h13-14,18H,3-12H2,1-2H3. The van der Waals surface area contributed by atoms with Gasteiger partial charge in [-0.15, -0.1) is 0 Å². The zero-order valence-corrected chi connectivity index (χ0v) is 13.5. The van der Waals surface area contributed by atoms with Crippen molar-refractivity contribution in [1.82, 2.24) is 15.5 Å². The van der Waals surface area contributed by atoms with Crippen LogP contribution in [0.4, 0.5) is 0 Å². The molecule has 1 N–H and O–H groups in total. The maximum Gasteiger partial charge on any atom is 0.228 e. The van der Waals surface area contributed by atoms with Gasteiger partial charge in [0.15, 0.2) is 5.82 Å². The average molecular weight is 291 g/mol. The summed E-state index contributed by atoms with van der Waals surface area (Å²) >= 11 is 0. The van der Waals surface area contributed by atoms with E-state index in [4.69, 9.17) is 9.51 Å². The summed E-state index contributed by atoms with van der Waals surface area (Å²) in [7, 11) is 2.07. The summed E-state index contributed by atoms with van der Waals surface area (Å²) < 4.78 is 5.57. The summed E-state index contributed by atoms with van der Waals surface area (Å²) in [6.45, 7) is 2.34. The van der Waals surface area contributed by atoms with Crippen LogP contribution >= 0.6 is 0 Å². The Kier molecular flexibility index (Phi) is 4.63. The van der Waals surface area contributed by atoms with Gasteiger partial charge in [-0.1, -0.05) is 44.2 Å². The Hall–Kier alpha value is -0.900. The van der Waals surface area contributed by atoms with Crippen molar-refractivity contribution in [2.75, 3.05) is 7.05 Å². The summed E-state index contributed by atoms with van der Waals surface area (Å²) in [4.78, 5) is 4.73. The average Bonchev–Trinajstić information content (AvgIpc) is 2.97. The zero-order valence-electron chi connectivity index (χ0n) is 13.5. The van der Waals surface area contributed by atoms with Gasteiger partial charge in [0.2, 0.25) is 5.89 Å². The van der Waals surface area contributed by atoms with E-state index >= 15 is 0 Å². The summed E-state index contributed by atoms with van der Waals surface area (Å²) in [5.41, 5.74) is 0.184. The molecule has 0 saturated heterocycles. The molecule has 2 fully saturated rings. The third-order valence-corrected chi connectivity index (χ3v) is 5.70. The smallest absolute Gasteiger partial charge is 0.228 e. The van der Waals surface area contributed by atoms with Crippen molar-refractivity contribution in [2.24, 2.45) is 5.92 Å². The highest BCUT2D eigenvalue weighted by Crippen LogP contribution is 2.35. The van der Waals surface area contributed by atoms with Crippen LogP contribution in [0.2, 0.25) is 0 Å². The second-order valence-corrected chi connectivity index (χ2v) is 7.27. The summed E-state index contributed by atoms with van der Waals surface area (Å²) in [5.74, 6) is 3.18. The van der Waals surface area contributed by atoms with E-state index in [1.807, 2.05) is 0 Å². The van der Waals surface area contributed by atoms with Crippen LogP contribution in [0, 0.1) is 5.92 Å². The molecule has 1 heterocycles. The lowest BCUT2D eigenvalue weighted by molar-refractivity contribution is 0.220. The van der Waals surface area contributed by atoms with E-state index in [1.54, 1.807) is 0 Å². The van der Waals surface area contributed by atoms with E-state index in [2.05, 4.69) is 24.4 Å². The van der Waals surface area contributed by atoms with E-state index in [0.717, 1.165) is 24.1 Å². The van der Waals surface area contributed by atoms with Crippen LogP contribution in [-0.2, 0) is 6.42 Å². The first-order chi connectivity index (χ1) is 10.2. The SMILES string of the molecule is CNC1(Cc2nc(C3CCC(C)CC3)no2)CCCCC1. The van der Waals surface area contributed by atoms with Crippen molar-refractivity contribution in [3.05, 3.63) is 11.7 Å². The molecule has 0 spiro atoms. The van der Waals surface area contributed by atoms with Gasteiger partial charge in [-0.2, -0.15) is 4.98 Å². The Morgan fingerprint density at radius 1 is 1.14 bits per heavy atom. The van der Waals surface area contributed by atoms with Gasteiger partial charge in [-0.3, -0.25) is 0 Å². The monoisotopic (exact) mass is 291 g/mol. The number of hydrogen-bond donors (Lipinski definition) is 1. The predicted molar refractivity (Wildman–Crippen MR) is 83.3 cm³/mol. The molecule has 0 unspecified atom stereocenters. The molecule has 3 rings (SSSR count). The number of hydrogen-bond acceptors (Lipinski definition) is 4. The second kappa shape index (κ2) is 6.47. The fourth-order valence-electron chi connectivity index (χ4n) is 4.06. The van der Waals surface area contributed by atoms with Crippen LogP contribution < -0.4 is 5.32 Å². The molecule has 1 aromatic heterocycles. The van der Waals surface area contributed by atoms with Gasteiger partial charge in [-0.05, 0) is 38.6 Å². The lowest BCUT2D eigenvalue weighted by Gasteiger charge is -2.36. The van der Waals surface area contributed by atoms with Gasteiger partial charge in [0, 0.05) is 17.9 Å². The molecule has 0 bridgehead atoms. The minimum atomic E-state index is 0.184. The van der Waals surface area contributed by atoms with Crippen LogP contribution in [-0.4, -0.2) is 22.7 Å². The molecule has 1 aromatic rings. The molecular weight excluding hydrogens is 262 g/mol. The Balaban J connectivity index is 1.64. The highest BCUT2D eigenvalue weighted by molar-refractivity contribution is 5.02. The third kappa shape index (κ3) is 3.47. The highest BCUT2D eigenvalue weighted by atomic mass is 16.5. The molecule has 4 heteroatoms. The maximum absolute atomic E-state index is 5.57. The molecule has 4 nitrogen and oxygen atoms in total. The quantitative estimate of drug-likeness (QED) is 0.916. The Morgan fingerprint density at radius 3 is 2.52 bits per heavy atom. The van der Waals surface area contributed by atoms with Crippen LogP contribution in [0.1, 0.15) is 82.3 Å². The van der Waals surface area contributed by atoms with Crippen molar-refractivity contribution in [3.8, 4) is 0 Å². The molecule has 0 amide bonds. The summed E-state index contributed by atoms with van der Waals surface area (Å²) in [6, 6.07) is 0. The Labute approximate surface area is 128 Å². The molecule has 0 aliphatic heterocycles. The molecule has 2 aliphatic carbocycles. The largest absolute Gasteiger partial charge is 0.339 e. The van der Waals surface area contributed by atoms with Gasteiger partial charge < -0.3 is 9.84 Å². The lowest BCUT2D eigenvalue weighted by atomic mass is 9.79. The first-order valence-electron chi connectivity index (χ1n) is 8.72. The molecule has 0 radical (unpaired) electrons. The van der Waals surface area contributed by atoms with Gasteiger partial charge in [-0.25, -0.2) is 0 Å². The normalized spacial score (nSPS) is 29.4. The van der Waals surface area contributed by atoms with Gasteiger partial charge in [0.25, 0.3) is 0 Å². The fourth-order valence-corrected chi connectivity index (χ4v) is 4.06. The van der Waals surface area contributed by atoms with Crippen LogP contribution in [0.3, 0.4) is 0 Å². The fraction of sp³-hybridized carbons (Fsp3) is 0.882. The first-order valence-corrected chi connectivity index (χ1v) is 8.72. The molecule has 0 aromatic carbocycles. The Morgan fingerprint density at radius 2 is 1.86 bits per heavy atom. The molecule has 2 saturated carbocycles. The van der Waals surface area contributed by atoms with Crippen LogP contribution in [0.15, 0.2) is 4.52 Å². The van der Waals surface area contributed by atoms with E-state index in [9.17, 15) is 0 Å². The topological polar surface area (TPSA) is 51.0 Å². The number of nitrogens with one attached hydrogen (secondary N) is 1. The van der Waals surface area contributed by atoms with Gasteiger partial charge >= 0.3 is 0 Å². The van der Waals surface area contributed by atoms with Gasteiger partial charge in [0.1, 0.15) is 0 Å². The van der Waals surface area contributed by atoms with Crippen molar-refractivity contribution in [3.63, 3.8) is 0 Å². The summed E-state index contributed by atoms with van der Waals surface area (Å²) in [5, 5.41) is 7.81. The molecule has 118 valence electrons. The number of rotatable bonds is 4. The lowest BCUT2D eigenvalue weighted by Crippen LogP contribution is -2.46. The predicted octanol–water partition coefficient (Wildman–Crippen LogP) is 3.83.